The second-order valence-corrected chi connectivity index (χ2v) is 6.72. The van der Waals surface area contributed by atoms with Crippen LogP contribution >= 0.6 is 11.6 Å². The molecule has 1 atom stereocenters. The third-order valence-corrected chi connectivity index (χ3v) is 3.47. The molecule has 1 N–H and O–H groups in total. The minimum Gasteiger partial charge on any atom is -0.447 e. The highest BCUT2D eigenvalue weighted by molar-refractivity contribution is 6.36. The summed E-state index contributed by atoms with van der Waals surface area (Å²) in [5.41, 5.74) is -1.32. The first kappa shape index (κ1) is 18.0. The number of hydrogen-bond donors (Lipinski definition) is 1. The van der Waals surface area contributed by atoms with Crippen molar-refractivity contribution in [3.05, 3.63) is 45.3 Å². The molecule has 0 saturated carbocycles. The van der Waals surface area contributed by atoms with Crippen LogP contribution < -0.4 is 10.9 Å². The molecule has 1 heterocycles. The molecule has 0 spiro atoms. The standard InChI is InChI=1S/C17H18ClNO5/c1-9(20)23-14(15(21)19-17(2,3)4)12-13(18)10-7-5-6-8-11(10)24-16(12)22/h5-8,14H,1-4H3,(H,19,21)/t14-/m1/s1. The van der Waals surface area contributed by atoms with Gasteiger partial charge >= 0.3 is 11.6 Å². The smallest absolute Gasteiger partial charge is 0.345 e. The summed E-state index contributed by atoms with van der Waals surface area (Å²) >= 11 is 6.31. The van der Waals surface area contributed by atoms with E-state index in [1.54, 1.807) is 45.0 Å². The van der Waals surface area contributed by atoms with E-state index in [4.69, 9.17) is 20.8 Å². The first-order valence-electron chi connectivity index (χ1n) is 7.30. The monoisotopic (exact) mass is 351 g/mol. The molecular formula is C17H18ClNO5. The van der Waals surface area contributed by atoms with Crippen LogP contribution in [0.1, 0.15) is 39.4 Å². The van der Waals surface area contributed by atoms with Crippen molar-refractivity contribution in [2.24, 2.45) is 0 Å². The Hall–Kier alpha value is -2.34. The number of ether oxygens (including phenoxy) is 1. The van der Waals surface area contributed by atoms with E-state index < -0.39 is 29.1 Å². The number of halogens is 1. The Morgan fingerprint density at radius 1 is 1.25 bits per heavy atom. The largest absolute Gasteiger partial charge is 0.447 e. The number of rotatable bonds is 3. The number of carbonyl (C=O) groups excluding carboxylic acids is 2. The van der Waals surface area contributed by atoms with Crippen molar-refractivity contribution in [1.29, 1.82) is 0 Å². The number of fused-ring (bicyclic) bond motifs is 1. The van der Waals surface area contributed by atoms with Gasteiger partial charge in [-0.25, -0.2) is 4.79 Å². The Morgan fingerprint density at radius 3 is 2.46 bits per heavy atom. The predicted octanol–water partition coefficient (Wildman–Crippen LogP) is 2.97. The van der Waals surface area contributed by atoms with Crippen molar-refractivity contribution in [3.63, 3.8) is 0 Å². The second-order valence-electron chi connectivity index (χ2n) is 6.34. The zero-order valence-electron chi connectivity index (χ0n) is 13.8. The van der Waals surface area contributed by atoms with Gasteiger partial charge < -0.3 is 14.5 Å². The fraction of sp³-hybridized carbons (Fsp3) is 0.353. The molecule has 2 aromatic rings. The van der Waals surface area contributed by atoms with Gasteiger partial charge in [-0.15, -0.1) is 0 Å². The molecule has 0 bridgehead atoms. The lowest BCUT2D eigenvalue weighted by Gasteiger charge is -2.24. The molecule has 0 radical (unpaired) electrons. The van der Waals surface area contributed by atoms with Crippen LogP contribution in [0.4, 0.5) is 0 Å². The fourth-order valence-electron chi connectivity index (χ4n) is 2.19. The van der Waals surface area contributed by atoms with Gasteiger partial charge in [-0.05, 0) is 32.9 Å². The lowest BCUT2D eigenvalue weighted by atomic mass is 10.1. The number of amides is 1. The number of hydrogen-bond acceptors (Lipinski definition) is 5. The quantitative estimate of drug-likeness (QED) is 0.678. The zero-order chi connectivity index (χ0) is 18.1. The SMILES string of the molecule is CC(=O)O[C@@H](C(=O)NC(C)(C)C)c1c(Cl)c2ccccc2oc1=O. The summed E-state index contributed by atoms with van der Waals surface area (Å²) in [5.74, 6) is -1.37. The molecular weight excluding hydrogens is 334 g/mol. The van der Waals surface area contributed by atoms with E-state index in [0.717, 1.165) is 6.92 Å². The lowest BCUT2D eigenvalue weighted by molar-refractivity contribution is -0.155. The Labute approximate surface area is 143 Å². The normalized spacial score (nSPS) is 12.7. The van der Waals surface area contributed by atoms with Crippen LogP contribution in [0.3, 0.4) is 0 Å². The van der Waals surface area contributed by atoms with E-state index in [1.165, 1.54) is 0 Å². The molecule has 7 heteroatoms. The van der Waals surface area contributed by atoms with Crippen molar-refractivity contribution in [2.75, 3.05) is 0 Å². The van der Waals surface area contributed by atoms with Gasteiger partial charge in [0, 0.05) is 17.8 Å². The molecule has 0 aliphatic rings. The number of para-hydroxylation sites is 1. The summed E-state index contributed by atoms with van der Waals surface area (Å²) in [4.78, 5) is 36.2. The highest BCUT2D eigenvalue weighted by atomic mass is 35.5. The van der Waals surface area contributed by atoms with Crippen molar-refractivity contribution in [3.8, 4) is 0 Å². The summed E-state index contributed by atoms with van der Waals surface area (Å²) < 4.78 is 10.3. The molecule has 24 heavy (non-hydrogen) atoms. The number of esters is 1. The van der Waals surface area contributed by atoms with Crippen LogP contribution in [-0.2, 0) is 14.3 Å². The van der Waals surface area contributed by atoms with Gasteiger partial charge in [0.1, 0.15) is 11.1 Å². The molecule has 0 aliphatic heterocycles. The maximum Gasteiger partial charge on any atom is 0.345 e. The minimum absolute atomic E-state index is 0.0251. The maximum atomic E-state index is 12.5. The van der Waals surface area contributed by atoms with E-state index in [1.807, 2.05) is 0 Å². The molecule has 2 rings (SSSR count). The molecule has 1 amide bonds. The molecule has 0 saturated heterocycles. The summed E-state index contributed by atoms with van der Waals surface area (Å²) in [7, 11) is 0. The molecule has 0 aliphatic carbocycles. The number of nitrogens with one attached hydrogen (secondary N) is 1. The first-order valence-corrected chi connectivity index (χ1v) is 7.68. The Balaban J connectivity index is 2.62. The number of benzene rings is 1. The van der Waals surface area contributed by atoms with Gasteiger partial charge in [0.2, 0.25) is 6.10 Å². The molecule has 128 valence electrons. The predicted molar refractivity (Wildman–Crippen MR) is 89.9 cm³/mol. The molecule has 1 aromatic heterocycles. The topological polar surface area (TPSA) is 85.6 Å². The van der Waals surface area contributed by atoms with Gasteiger partial charge in [0.05, 0.1) is 5.02 Å². The Morgan fingerprint density at radius 2 is 1.88 bits per heavy atom. The summed E-state index contributed by atoms with van der Waals surface area (Å²) in [5, 5.41) is 3.15. The maximum absolute atomic E-state index is 12.5. The molecule has 6 nitrogen and oxygen atoms in total. The summed E-state index contributed by atoms with van der Waals surface area (Å²) in [6, 6.07) is 6.64. The van der Waals surface area contributed by atoms with E-state index >= 15 is 0 Å². The minimum atomic E-state index is -1.49. The zero-order valence-corrected chi connectivity index (χ0v) is 14.6. The van der Waals surface area contributed by atoms with Crippen LogP contribution in [0, 0.1) is 0 Å². The Kier molecular flexibility index (Phi) is 4.99. The van der Waals surface area contributed by atoms with Gasteiger partial charge in [-0.1, -0.05) is 23.7 Å². The highest BCUT2D eigenvalue weighted by Gasteiger charge is 2.33. The highest BCUT2D eigenvalue weighted by Crippen LogP contribution is 2.30. The van der Waals surface area contributed by atoms with Crippen LogP contribution in [-0.4, -0.2) is 17.4 Å². The van der Waals surface area contributed by atoms with Crippen LogP contribution in [0.15, 0.2) is 33.5 Å². The summed E-state index contributed by atoms with van der Waals surface area (Å²) in [6.07, 6.45) is -1.49. The van der Waals surface area contributed by atoms with Gasteiger partial charge in [-0.2, -0.15) is 0 Å². The number of carbonyl (C=O) groups is 2. The van der Waals surface area contributed by atoms with Crippen LogP contribution in [0.25, 0.3) is 11.0 Å². The van der Waals surface area contributed by atoms with Crippen molar-refractivity contribution in [2.45, 2.75) is 39.3 Å². The summed E-state index contributed by atoms with van der Waals surface area (Å²) in [6.45, 7) is 6.44. The van der Waals surface area contributed by atoms with E-state index in [0.29, 0.717) is 5.39 Å². The third kappa shape index (κ3) is 3.94. The fourth-order valence-corrected chi connectivity index (χ4v) is 2.53. The van der Waals surface area contributed by atoms with E-state index in [-0.39, 0.29) is 16.2 Å². The average Bonchev–Trinajstić information content (AvgIpc) is 2.44. The van der Waals surface area contributed by atoms with Crippen LogP contribution in [0.5, 0.6) is 0 Å². The average molecular weight is 352 g/mol. The van der Waals surface area contributed by atoms with Crippen molar-refractivity contribution >= 4 is 34.4 Å². The van der Waals surface area contributed by atoms with Crippen LogP contribution in [0.2, 0.25) is 5.02 Å². The van der Waals surface area contributed by atoms with E-state index in [2.05, 4.69) is 5.32 Å². The second kappa shape index (κ2) is 6.65. The molecule has 0 unspecified atom stereocenters. The van der Waals surface area contributed by atoms with Gasteiger partial charge in [0.25, 0.3) is 5.91 Å². The van der Waals surface area contributed by atoms with Crippen molar-refractivity contribution in [1.82, 2.24) is 5.32 Å². The molecule has 1 aromatic carbocycles. The third-order valence-electron chi connectivity index (χ3n) is 3.06. The molecule has 0 fully saturated rings. The van der Waals surface area contributed by atoms with Crippen molar-refractivity contribution < 1.29 is 18.7 Å². The van der Waals surface area contributed by atoms with E-state index in [9.17, 15) is 14.4 Å². The van der Waals surface area contributed by atoms with Gasteiger partial charge in [0.15, 0.2) is 0 Å². The first-order chi connectivity index (χ1) is 11.1. The van der Waals surface area contributed by atoms with Gasteiger partial charge in [-0.3, -0.25) is 9.59 Å². The Bertz CT molecular complexity index is 850. The lowest BCUT2D eigenvalue weighted by Crippen LogP contribution is -2.45.